The number of fused-ring (bicyclic) bond motifs is 5. The Kier molecular flexibility index (Phi) is 3.27. The molecule has 0 amide bonds. The minimum Gasteiger partial charge on any atom is -0.294 e. The van der Waals surface area contributed by atoms with Gasteiger partial charge in [0.25, 0.3) is 0 Å². The molecule has 7 rings (SSSR count). The zero-order valence-corrected chi connectivity index (χ0v) is 17.3. The third-order valence-corrected chi connectivity index (χ3v) is 7.53. The lowest BCUT2D eigenvalue weighted by atomic mass is 9.81. The molecule has 3 aliphatic carbocycles. The SMILES string of the molecule is O=C1c2ccccc2C(=O)c2cc3cc4c(cc3cc21)CC1(C4)Cc2ccccc2C1=O. The normalized spacial score (nSPS) is 17.4. The van der Waals surface area contributed by atoms with Gasteiger partial charge in [0.2, 0.25) is 0 Å². The van der Waals surface area contributed by atoms with Crippen molar-refractivity contribution in [3.63, 3.8) is 0 Å². The summed E-state index contributed by atoms with van der Waals surface area (Å²) in [6, 6.07) is 22.9. The number of hydrogen-bond donors (Lipinski definition) is 0. The molecule has 3 nitrogen and oxygen atoms in total. The molecule has 0 unspecified atom stereocenters. The third-order valence-electron chi connectivity index (χ3n) is 7.53. The van der Waals surface area contributed by atoms with Gasteiger partial charge < -0.3 is 0 Å². The molecule has 152 valence electrons. The first-order valence-electron chi connectivity index (χ1n) is 10.9. The van der Waals surface area contributed by atoms with E-state index in [1.807, 2.05) is 30.3 Å². The van der Waals surface area contributed by atoms with E-state index in [1.165, 1.54) is 11.1 Å². The maximum Gasteiger partial charge on any atom is 0.194 e. The van der Waals surface area contributed by atoms with Crippen LogP contribution in [-0.2, 0) is 19.3 Å². The quantitative estimate of drug-likeness (QED) is 0.353. The first kappa shape index (κ1) is 17.8. The van der Waals surface area contributed by atoms with Gasteiger partial charge in [-0.05, 0) is 58.9 Å². The average Bonchev–Trinajstić information content (AvgIpc) is 3.30. The predicted molar refractivity (Wildman–Crippen MR) is 122 cm³/mol. The number of hydrogen-bond acceptors (Lipinski definition) is 3. The number of carbonyl (C=O) groups excluding carboxylic acids is 3. The Morgan fingerprint density at radius 3 is 1.50 bits per heavy atom. The molecule has 0 saturated carbocycles. The van der Waals surface area contributed by atoms with Gasteiger partial charge in [-0.3, -0.25) is 14.4 Å². The highest BCUT2D eigenvalue weighted by Crippen LogP contribution is 2.48. The van der Waals surface area contributed by atoms with Gasteiger partial charge in [0.1, 0.15) is 0 Å². The average molecular weight is 414 g/mol. The van der Waals surface area contributed by atoms with Crippen molar-refractivity contribution < 1.29 is 14.4 Å². The molecular weight excluding hydrogens is 396 g/mol. The summed E-state index contributed by atoms with van der Waals surface area (Å²) in [5, 5.41) is 1.89. The van der Waals surface area contributed by atoms with Crippen molar-refractivity contribution in [3.8, 4) is 0 Å². The van der Waals surface area contributed by atoms with Gasteiger partial charge in [0, 0.05) is 33.2 Å². The van der Waals surface area contributed by atoms with Crippen LogP contribution in [0.2, 0.25) is 0 Å². The highest BCUT2D eigenvalue weighted by Gasteiger charge is 2.49. The second-order valence-electron chi connectivity index (χ2n) is 9.37. The fraction of sp³-hybridized carbons (Fsp3) is 0.138. The summed E-state index contributed by atoms with van der Waals surface area (Å²) in [5.41, 5.74) is 5.83. The predicted octanol–water partition coefficient (Wildman–Crippen LogP) is 5.14. The standard InChI is InChI=1S/C29H18O3/c30-26-22-7-3-4-8-23(22)27(31)25-12-18-10-20-15-29(14-19(20)9-17(18)11-24(25)26)13-16-5-1-2-6-21(16)28(29)32/h1-12H,13-15H2. The minimum atomic E-state index is -0.398. The molecule has 0 aromatic heterocycles. The van der Waals surface area contributed by atoms with Crippen LogP contribution < -0.4 is 0 Å². The highest BCUT2D eigenvalue weighted by molar-refractivity contribution is 6.29. The minimum absolute atomic E-state index is 0.101. The molecule has 0 atom stereocenters. The smallest absolute Gasteiger partial charge is 0.194 e. The lowest BCUT2D eigenvalue weighted by molar-refractivity contribution is 0.0831. The molecule has 4 aromatic carbocycles. The van der Waals surface area contributed by atoms with E-state index in [0.717, 1.165) is 41.2 Å². The zero-order valence-electron chi connectivity index (χ0n) is 17.3. The van der Waals surface area contributed by atoms with Crippen molar-refractivity contribution in [3.05, 3.63) is 117 Å². The summed E-state index contributed by atoms with van der Waals surface area (Å²) in [6.45, 7) is 0. The molecule has 0 heterocycles. The van der Waals surface area contributed by atoms with Crippen LogP contribution in [0, 0.1) is 5.41 Å². The van der Waals surface area contributed by atoms with Gasteiger partial charge >= 0.3 is 0 Å². The second kappa shape index (κ2) is 5.89. The van der Waals surface area contributed by atoms with E-state index in [9.17, 15) is 14.4 Å². The summed E-state index contributed by atoms with van der Waals surface area (Å²) in [6.07, 6.45) is 2.22. The largest absolute Gasteiger partial charge is 0.294 e. The number of rotatable bonds is 0. The fourth-order valence-electron chi connectivity index (χ4n) is 6.02. The molecule has 0 N–H and O–H groups in total. The molecule has 0 fully saturated rings. The van der Waals surface area contributed by atoms with E-state index in [4.69, 9.17) is 0 Å². The topological polar surface area (TPSA) is 51.2 Å². The van der Waals surface area contributed by atoms with Crippen molar-refractivity contribution in [1.29, 1.82) is 0 Å². The van der Waals surface area contributed by atoms with E-state index in [0.29, 0.717) is 22.3 Å². The van der Waals surface area contributed by atoms with E-state index < -0.39 is 5.41 Å². The lowest BCUT2D eigenvalue weighted by Crippen LogP contribution is -2.28. The van der Waals surface area contributed by atoms with E-state index in [2.05, 4.69) is 18.2 Å². The van der Waals surface area contributed by atoms with Crippen molar-refractivity contribution in [2.45, 2.75) is 19.3 Å². The summed E-state index contributed by atoms with van der Waals surface area (Å²) in [5.74, 6) is 0.0411. The molecule has 3 aliphatic rings. The molecule has 4 aromatic rings. The van der Waals surface area contributed by atoms with Gasteiger partial charge in [0.05, 0.1) is 0 Å². The number of ketones is 3. The van der Waals surface area contributed by atoms with Crippen LogP contribution in [0.3, 0.4) is 0 Å². The Labute approximate surface area is 184 Å². The number of Topliss-reactive ketones (excluding diaryl/α,β-unsaturated/α-hetero) is 1. The van der Waals surface area contributed by atoms with Crippen LogP contribution in [0.5, 0.6) is 0 Å². The Bertz CT molecular complexity index is 1470. The molecule has 0 aliphatic heterocycles. The lowest BCUT2D eigenvalue weighted by Gasteiger charge is -2.20. The fourth-order valence-corrected chi connectivity index (χ4v) is 6.02. The Morgan fingerprint density at radius 2 is 0.969 bits per heavy atom. The van der Waals surface area contributed by atoms with Gasteiger partial charge in [0.15, 0.2) is 17.3 Å². The van der Waals surface area contributed by atoms with Crippen molar-refractivity contribution in [2.75, 3.05) is 0 Å². The molecule has 0 bridgehead atoms. The molecule has 32 heavy (non-hydrogen) atoms. The van der Waals surface area contributed by atoms with Crippen LogP contribution >= 0.6 is 0 Å². The Hall–Kier alpha value is -3.85. The monoisotopic (exact) mass is 414 g/mol. The van der Waals surface area contributed by atoms with Crippen LogP contribution in [0.4, 0.5) is 0 Å². The van der Waals surface area contributed by atoms with Crippen LogP contribution in [0.25, 0.3) is 10.8 Å². The Morgan fingerprint density at radius 1 is 0.500 bits per heavy atom. The zero-order chi connectivity index (χ0) is 21.6. The van der Waals surface area contributed by atoms with E-state index in [1.54, 1.807) is 24.3 Å². The van der Waals surface area contributed by atoms with Gasteiger partial charge in [-0.2, -0.15) is 0 Å². The first-order chi connectivity index (χ1) is 15.5. The summed E-state index contributed by atoms with van der Waals surface area (Å²) in [4.78, 5) is 39.5. The van der Waals surface area contributed by atoms with Crippen molar-refractivity contribution >= 4 is 28.1 Å². The first-order valence-corrected chi connectivity index (χ1v) is 10.9. The maximum atomic E-state index is 13.3. The Balaban J connectivity index is 1.35. The van der Waals surface area contributed by atoms with Crippen LogP contribution in [0.15, 0.2) is 72.8 Å². The summed E-state index contributed by atoms with van der Waals surface area (Å²) in [7, 11) is 0. The molecule has 3 heteroatoms. The van der Waals surface area contributed by atoms with E-state index in [-0.39, 0.29) is 17.3 Å². The number of carbonyl (C=O) groups is 3. The molecular formula is C29H18O3. The third kappa shape index (κ3) is 2.18. The maximum absolute atomic E-state index is 13.3. The van der Waals surface area contributed by atoms with Crippen LogP contribution in [0.1, 0.15) is 58.9 Å². The van der Waals surface area contributed by atoms with E-state index >= 15 is 0 Å². The summed E-state index contributed by atoms with van der Waals surface area (Å²) < 4.78 is 0. The van der Waals surface area contributed by atoms with Gasteiger partial charge in [-0.15, -0.1) is 0 Å². The van der Waals surface area contributed by atoms with Crippen molar-refractivity contribution in [2.24, 2.45) is 5.41 Å². The number of benzene rings is 4. The van der Waals surface area contributed by atoms with Crippen LogP contribution in [-0.4, -0.2) is 17.3 Å². The molecule has 0 saturated heterocycles. The van der Waals surface area contributed by atoms with Gasteiger partial charge in [-0.1, -0.05) is 60.7 Å². The highest BCUT2D eigenvalue weighted by atomic mass is 16.1. The molecule has 0 radical (unpaired) electrons. The molecule has 1 spiro atoms. The summed E-state index contributed by atoms with van der Waals surface area (Å²) >= 11 is 0. The second-order valence-corrected chi connectivity index (χ2v) is 9.37. The van der Waals surface area contributed by atoms with Crippen molar-refractivity contribution in [1.82, 2.24) is 0 Å². The van der Waals surface area contributed by atoms with Gasteiger partial charge in [-0.25, -0.2) is 0 Å².